The number of halogens is 1. The van der Waals surface area contributed by atoms with Crippen molar-refractivity contribution in [2.45, 2.75) is 30.6 Å². The van der Waals surface area contributed by atoms with Gasteiger partial charge < -0.3 is 4.74 Å². The summed E-state index contributed by atoms with van der Waals surface area (Å²) < 4.78 is 5.52. The summed E-state index contributed by atoms with van der Waals surface area (Å²) in [6.45, 7) is 2.22. The predicted molar refractivity (Wildman–Crippen MR) is 76.7 cm³/mol. The molecule has 2 aliphatic carbocycles. The molecule has 3 atom stereocenters. The van der Waals surface area contributed by atoms with Crippen molar-refractivity contribution in [2.75, 3.05) is 7.11 Å². The second-order valence-electron chi connectivity index (χ2n) is 4.57. The zero-order valence-electron chi connectivity index (χ0n) is 10.3. The van der Waals surface area contributed by atoms with Gasteiger partial charge in [0.1, 0.15) is 5.76 Å². The maximum atomic E-state index is 6.78. The molecule has 0 bridgehead atoms. The van der Waals surface area contributed by atoms with Gasteiger partial charge in [-0.2, -0.15) is 0 Å². The van der Waals surface area contributed by atoms with E-state index in [1.807, 2.05) is 6.08 Å². The number of hydrogen-bond acceptors (Lipinski definition) is 1. The average Bonchev–Trinajstić information content (AvgIpc) is 2.39. The van der Waals surface area contributed by atoms with Crippen molar-refractivity contribution >= 4 is 18.5 Å². The molecule has 1 nitrogen and oxygen atoms in total. The highest BCUT2D eigenvalue weighted by molar-refractivity contribution is 7.86. The molecule has 0 aromatic heterocycles. The van der Waals surface area contributed by atoms with E-state index in [1.54, 1.807) is 7.11 Å². The first kappa shape index (κ1) is 12.9. The molecule has 0 aromatic carbocycles. The van der Waals surface area contributed by atoms with E-state index in [4.69, 9.17) is 16.0 Å². The lowest BCUT2D eigenvalue weighted by Crippen LogP contribution is -2.29. The van der Waals surface area contributed by atoms with Gasteiger partial charge in [-0.15, -0.1) is 0 Å². The molecular weight excluding hydrogens is 251 g/mol. The second-order valence-corrected chi connectivity index (χ2v) is 7.93. The Hall–Kier alpha value is -0.520. The van der Waals surface area contributed by atoms with E-state index in [2.05, 4.69) is 43.4 Å². The Bertz CT molecular complexity index is 397. The Labute approximate surface area is 109 Å². The minimum absolute atomic E-state index is 0.0411. The SMILES string of the molecule is COC1=CC=CCC1(C)P(Cl)C1C=CC=CC1. The Morgan fingerprint density at radius 2 is 2.18 bits per heavy atom. The molecule has 3 heteroatoms. The van der Waals surface area contributed by atoms with Crippen LogP contribution in [0.2, 0.25) is 0 Å². The van der Waals surface area contributed by atoms with Gasteiger partial charge in [-0.1, -0.05) is 47.7 Å². The Morgan fingerprint density at radius 1 is 1.35 bits per heavy atom. The Morgan fingerprint density at radius 3 is 2.82 bits per heavy atom. The van der Waals surface area contributed by atoms with Crippen LogP contribution in [0.3, 0.4) is 0 Å². The summed E-state index contributed by atoms with van der Waals surface area (Å²) in [5.41, 5.74) is 0.451. The van der Waals surface area contributed by atoms with E-state index in [-0.39, 0.29) is 5.16 Å². The molecule has 0 N–H and O–H groups in total. The summed E-state index contributed by atoms with van der Waals surface area (Å²) in [6, 6.07) is 0. The van der Waals surface area contributed by atoms with E-state index in [0.29, 0.717) is 5.66 Å². The molecule has 2 rings (SSSR count). The fourth-order valence-corrected chi connectivity index (χ4v) is 5.15. The molecule has 0 spiro atoms. The molecule has 0 aliphatic heterocycles. The minimum Gasteiger partial charge on any atom is -0.500 e. The largest absolute Gasteiger partial charge is 0.500 e. The van der Waals surface area contributed by atoms with E-state index in [9.17, 15) is 0 Å². The standard InChI is InChI=1S/C14H18ClOP/c1-14(11-7-6-10-13(14)16-2)17(15)12-8-4-3-5-9-12/h3-8,10,12H,9,11H2,1-2H3. The summed E-state index contributed by atoms with van der Waals surface area (Å²) in [4.78, 5) is 0. The fraction of sp³-hybridized carbons (Fsp3) is 0.429. The van der Waals surface area contributed by atoms with Gasteiger partial charge in [0, 0.05) is 12.9 Å². The van der Waals surface area contributed by atoms with Gasteiger partial charge in [-0.3, -0.25) is 0 Å². The second kappa shape index (κ2) is 5.42. The molecule has 0 heterocycles. The van der Waals surface area contributed by atoms with E-state index >= 15 is 0 Å². The fourth-order valence-electron chi connectivity index (χ4n) is 2.32. The van der Waals surface area contributed by atoms with Crippen LogP contribution in [0.4, 0.5) is 0 Å². The number of allylic oxidation sites excluding steroid dienone is 8. The van der Waals surface area contributed by atoms with Crippen molar-refractivity contribution in [3.8, 4) is 0 Å². The maximum absolute atomic E-state index is 6.78. The topological polar surface area (TPSA) is 9.23 Å². The van der Waals surface area contributed by atoms with Crippen LogP contribution in [-0.2, 0) is 4.74 Å². The normalized spacial score (nSPS) is 33.4. The molecule has 0 aromatic rings. The van der Waals surface area contributed by atoms with Crippen LogP contribution in [0.5, 0.6) is 0 Å². The summed E-state index contributed by atoms with van der Waals surface area (Å²) >= 11 is 6.78. The zero-order chi connectivity index (χ0) is 12.3. The molecule has 2 aliphatic rings. The number of methoxy groups -OCH3 is 1. The van der Waals surface area contributed by atoms with Gasteiger partial charge in [0.25, 0.3) is 0 Å². The number of ether oxygens (including phenoxy) is 1. The third-order valence-corrected chi connectivity index (χ3v) is 7.55. The van der Waals surface area contributed by atoms with Gasteiger partial charge in [0.15, 0.2) is 0 Å². The highest BCUT2D eigenvalue weighted by Gasteiger charge is 2.41. The molecule has 0 fully saturated rings. The van der Waals surface area contributed by atoms with Crippen LogP contribution in [0.25, 0.3) is 0 Å². The van der Waals surface area contributed by atoms with E-state index in [1.165, 1.54) is 0 Å². The smallest absolute Gasteiger partial charge is 0.107 e. The van der Waals surface area contributed by atoms with Gasteiger partial charge in [-0.05, 0) is 25.8 Å². The Balaban J connectivity index is 2.20. The minimum atomic E-state index is -0.654. The van der Waals surface area contributed by atoms with Crippen LogP contribution >= 0.6 is 18.5 Å². The van der Waals surface area contributed by atoms with Gasteiger partial charge >= 0.3 is 0 Å². The lowest BCUT2D eigenvalue weighted by atomic mass is 10.00. The third-order valence-electron chi connectivity index (χ3n) is 3.37. The van der Waals surface area contributed by atoms with E-state index < -0.39 is 7.27 Å². The third kappa shape index (κ3) is 2.51. The maximum Gasteiger partial charge on any atom is 0.107 e. The molecular formula is C14H18ClOP. The summed E-state index contributed by atoms with van der Waals surface area (Å²) in [7, 11) is 1.08. The molecule has 92 valence electrons. The summed E-state index contributed by atoms with van der Waals surface area (Å²) in [6.07, 6.45) is 16.9. The highest BCUT2D eigenvalue weighted by Crippen LogP contribution is 2.64. The number of hydrogen-bond donors (Lipinski definition) is 0. The molecule has 0 radical (unpaired) electrons. The van der Waals surface area contributed by atoms with Crippen molar-refractivity contribution in [3.05, 3.63) is 48.3 Å². The zero-order valence-corrected chi connectivity index (χ0v) is 11.9. The van der Waals surface area contributed by atoms with Gasteiger partial charge in [-0.25, -0.2) is 0 Å². The van der Waals surface area contributed by atoms with Gasteiger partial charge in [0.05, 0.1) is 12.3 Å². The van der Waals surface area contributed by atoms with Crippen LogP contribution in [0, 0.1) is 0 Å². The first-order valence-corrected chi connectivity index (χ1v) is 8.20. The first-order chi connectivity index (χ1) is 8.18. The summed E-state index contributed by atoms with van der Waals surface area (Å²) in [5, 5.41) is -0.0411. The van der Waals surface area contributed by atoms with Crippen LogP contribution in [0.15, 0.2) is 48.3 Å². The summed E-state index contributed by atoms with van der Waals surface area (Å²) in [5.74, 6) is 1.02. The van der Waals surface area contributed by atoms with Crippen molar-refractivity contribution in [1.29, 1.82) is 0 Å². The molecule has 0 saturated heterocycles. The lowest BCUT2D eigenvalue weighted by Gasteiger charge is -2.39. The lowest BCUT2D eigenvalue weighted by molar-refractivity contribution is 0.256. The highest BCUT2D eigenvalue weighted by atomic mass is 35.7. The van der Waals surface area contributed by atoms with Crippen molar-refractivity contribution < 1.29 is 4.74 Å². The van der Waals surface area contributed by atoms with Crippen LogP contribution in [-0.4, -0.2) is 17.9 Å². The predicted octanol–water partition coefficient (Wildman–Crippen LogP) is 4.76. The van der Waals surface area contributed by atoms with E-state index in [0.717, 1.165) is 18.6 Å². The van der Waals surface area contributed by atoms with Crippen LogP contribution in [0.1, 0.15) is 19.8 Å². The van der Waals surface area contributed by atoms with Crippen molar-refractivity contribution in [2.24, 2.45) is 0 Å². The number of rotatable bonds is 3. The molecule has 0 amide bonds. The quantitative estimate of drug-likeness (QED) is 0.671. The van der Waals surface area contributed by atoms with Gasteiger partial charge in [0.2, 0.25) is 0 Å². The molecule has 0 saturated carbocycles. The van der Waals surface area contributed by atoms with Crippen molar-refractivity contribution in [3.63, 3.8) is 0 Å². The monoisotopic (exact) mass is 268 g/mol. The van der Waals surface area contributed by atoms with Crippen molar-refractivity contribution in [1.82, 2.24) is 0 Å². The molecule has 3 unspecified atom stereocenters. The van der Waals surface area contributed by atoms with Crippen LogP contribution < -0.4 is 0 Å². The Kier molecular flexibility index (Phi) is 4.12. The average molecular weight is 269 g/mol. The first-order valence-electron chi connectivity index (χ1n) is 5.88. The molecule has 17 heavy (non-hydrogen) atoms.